The van der Waals surface area contributed by atoms with Crippen LogP contribution in [0.5, 0.6) is 0 Å². The highest BCUT2D eigenvalue weighted by Gasteiger charge is 2.31. The van der Waals surface area contributed by atoms with Gasteiger partial charge in [-0.25, -0.2) is 9.97 Å². The van der Waals surface area contributed by atoms with Crippen molar-refractivity contribution in [2.45, 2.75) is 6.18 Å². The van der Waals surface area contributed by atoms with Crippen LogP contribution < -0.4 is 5.73 Å². The maximum Gasteiger partial charge on any atom is 0.416 e. The van der Waals surface area contributed by atoms with Gasteiger partial charge < -0.3 is 10.7 Å². The highest BCUT2D eigenvalue weighted by molar-refractivity contribution is 6.33. The molecule has 9 heteroatoms. The first-order valence-corrected chi connectivity index (χ1v) is 7.25. The fourth-order valence-corrected chi connectivity index (χ4v) is 2.52. The molecule has 0 unspecified atom stereocenters. The van der Waals surface area contributed by atoms with Crippen LogP contribution in [-0.4, -0.2) is 15.0 Å². The molecule has 126 valence electrons. The van der Waals surface area contributed by atoms with Gasteiger partial charge in [-0.05, 0) is 24.3 Å². The molecule has 1 aromatic carbocycles. The molecule has 0 fully saturated rings. The molecule has 0 aliphatic rings. The number of nitrogens with two attached hydrogens (primary N) is 1. The number of nitrogen functional groups attached to an aromatic ring is 1. The van der Waals surface area contributed by atoms with Crippen molar-refractivity contribution < 1.29 is 13.2 Å². The number of nitrogens with one attached hydrogen (secondary N) is 1. The molecule has 25 heavy (non-hydrogen) atoms. The van der Waals surface area contributed by atoms with Crippen LogP contribution in [0.2, 0.25) is 5.02 Å². The first-order valence-electron chi connectivity index (χ1n) is 6.87. The monoisotopic (exact) mass is 363 g/mol. The number of halogens is 4. The number of aromatic nitrogens is 3. The standard InChI is InChI=1S/C16H9ClF3N5/c17-11-2-1-9(16(18,19)20)4-10(11)15-8(6-21)3-13(25-15)12-5-14(22)24-7-23-12/h1-5,7,25H,(H2,22,23,24). The lowest BCUT2D eigenvalue weighted by Gasteiger charge is -2.10. The van der Waals surface area contributed by atoms with Crippen molar-refractivity contribution in [1.82, 2.24) is 15.0 Å². The Kier molecular flexibility index (Phi) is 4.10. The van der Waals surface area contributed by atoms with E-state index in [0.717, 1.165) is 18.2 Å². The van der Waals surface area contributed by atoms with E-state index in [1.165, 1.54) is 18.5 Å². The van der Waals surface area contributed by atoms with Crippen molar-refractivity contribution >= 4 is 17.4 Å². The number of rotatable bonds is 2. The molecular formula is C16H9ClF3N5. The summed E-state index contributed by atoms with van der Waals surface area (Å²) < 4.78 is 38.9. The van der Waals surface area contributed by atoms with Crippen LogP contribution in [0.3, 0.4) is 0 Å². The summed E-state index contributed by atoms with van der Waals surface area (Å²) in [6, 6.07) is 7.80. The SMILES string of the molecule is N#Cc1cc(-c2cc(N)ncn2)[nH]c1-c1cc(C(F)(F)F)ccc1Cl. The molecule has 2 heterocycles. The number of benzene rings is 1. The Hall–Kier alpha value is -3.05. The molecule has 0 saturated heterocycles. The third-order valence-electron chi connectivity index (χ3n) is 3.47. The Balaban J connectivity index is 2.17. The van der Waals surface area contributed by atoms with Gasteiger partial charge in [0.2, 0.25) is 0 Å². The molecular weight excluding hydrogens is 355 g/mol. The molecule has 0 atom stereocenters. The number of hydrogen-bond acceptors (Lipinski definition) is 4. The molecule has 2 aromatic heterocycles. The van der Waals surface area contributed by atoms with Gasteiger partial charge in [0.05, 0.1) is 28.2 Å². The lowest BCUT2D eigenvalue weighted by molar-refractivity contribution is -0.137. The molecule has 0 aliphatic heterocycles. The number of hydrogen-bond donors (Lipinski definition) is 2. The van der Waals surface area contributed by atoms with Crippen LogP contribution in [0, 0.1) is 11.3 Å². The second-order valence-corrected chi connectivity index (χ2v) is 5.51. The Morgan fingerprint density at radius 2 is 1.92 bits per heavy atom. The zero-order valence-electron chi connectivity index (χ0n) is 12.4. The second-order valence-electron chi connectivity index (χ2n) is 5.10. The maximum atomic E-state index is 13.0. The van der Waals surface area contributed by atoms with Gasteiger partial charge in [0.25, 0.3) is 0 Å². The molecule has 0 spiro atoms. The van der Waals surface area contributed by atoms with Crippen LogP contribution in [0.1, 0.15) is 11.1 Å². The predicted octanol–water partition coefficient (Wildman–Crippen LogP) is 4.26. The zero-order valence-corrected chi connectivity index (χ0v) is 13.2. The van der Waals surface area contributed by atoms with Gasteiger partial charge >= 0.3 is 6.18 Å². The lowest BCUT2D eigenvalue weighted by atomic mass is 10.1. The summed E-state index contributed by atoms with van der Waals surface area (Å²) in [7, 11) is 0. The first kappa shape index (κ1) is 16.8. The molecule has 0 saturated carbocycles. The topological polar surface area (TPSA) is 91.4 Å². The maximum absolute atomic E-state index is 13.0. The Morgan fingerprint density at radius 1 is 1.16 bits per heavy atom. The molecule has 5 nitrogen and oxygen atoms in total. The second kappa shape index (κ2) is 6.11. The van der Waals surface area contributed by atoms with Crippen LogP contribution in [0.4, 0.5) is 19.0 Å². The van der Waals surface area contributed by atoms with E-state index >= 15 is 0 Å². The van der Waals surface area contributed by atoms with E-state index in [1.54, 1.807) is 0 Å². The summed E-state index contributed by atoms with van der Waals surface area (Å²) >= 11 is 6.05. The van der Waals surface area contributed by atoms with Crippen LogP contribution in [0.25, 0.3) is 22.6 Å². The number of aromatic amines is 1. The molecule has 0 amide bonds. The van der Waals surface area contributed by atoms with E-state index in [4.69, 9.17) is 17.3 Å². The molecule has 0 bridgehead atoms. The van der Waals surface area contributed by atoms with E-state index in [1.807, 2.05) is 6.07 Å². The largest absolute Gasteiger partial charge is 0.416 e. The van der Waals surface area contributed by atoms with Crippen molar-refractivity contribution in [3.63, 3.8) is 0 Å². The van der Waals surface area contributed by atoms with Crippen LogP contribution in [-0.2, 0) is 6.18 Å². The Morgan fingerprint density at radius 3 is 2.56 bits per heavy atom. The molecule has 0 aliphatic carbocycles. The van der Waals surface area contributed by atoms with E-state index in [-0.39, 0.29) is 27.7 Å². The number of H-pyrrole nitrogens is 1. The average molecular weight is 364 g/mol. The van der Waals surface area contributed by atoms with Gasteiger partial charge in [-0.2, -0.15) is 18.4 Å². The number of nitriles is 1. The molecule has 3 N–H and O–H groups in total. The van der Waals surface area contributed by atoms with Gasteiger partial charge in [-0.15, -0.1) is 0 Å². The van der Waals surface area contributed by atoms with Crippen molar-refractivity contribution in [3.05, 3.63) is 52.8 Å². The molecule has 0 radical (unpaired) electrons. The minimum absolute atomic E-state index is 0.0707. The highest BCUT2D eigenvalue weighted by Crippen LogP contribution is 2.37. The molecule has 3 aromatic rings. The normalized spacial score (nSPS) is 11.3. The quantitative estimate of drug-likeness (QED) is 0.711. The fraction of sp³-hybridized carbons (Fsp3) is 0.0625. The number of alkyl halides is 3. The van der Waals surface area contributed by atoms with Crippen LogP contribution in [0.15, 0.2) is 36.7 Å². The summed E-state index contributed by atoms with van der Waals surface area (Å²) in [5, 5.41) is 9.41. The van der Waals surface area contributed by atoms with E-state index in [2.05, 4.69) is 15.0 Å². The van der Waals surface area contributed by atoms with E-state index < -0.39 is 11.7 Å². The van der Waals surface area contributed by atoms with Gasteiger partial charge in [0.1, 0.15) is 18.2 Å². The van der Waals surface area contributed by atoms with E-state index in [0.29, 0.717) is 11.4 Å². The lowest BCUT2D eigenvalue weighted by Crippen LogP contribution is -2.05. The zero-order chi connectivity index (χ0) is 18.2. The number of anilines is 1. The van der Waals surface area contributed by atoms with Gasteiger partial charge in [0.15, 0.2) is 0 Å². The summed E-state index contributed by atoms with van der Waals surface area (Å²) in [6.45, 7) is 0. The van der Waals surface area contributed by atoms with Gasteiger partial charge in [-0.1, -0.05) is 11.6 Å². The minimum Gasteiger partial charge on any atom is -0.384 e. The van der Waals surface area contributed by atoms with Crippen molar-refractivity contribution in [3.8, 4) is 28.7 Å². The number of nitrogens with zero attached hydrogens (tertiary/aromatic N) is 3. The fourth-order valence-electron chi connectivity index (χ4n) is 2.31. The summed E-state index contributed by atoms with van der Waals surface area (Å²) in [6.07, 6.45) is -3.28. The van der Waals surface area contributed by atoms with E-state index in [9.17, 15) is 18.4 Å². The van der Waals surface area contributed by atoms with Gasteiger partial charge in [0, 0.05) is 16.7 Å². The Bertz CT molecular complexity index is 988. The van der Waals surface area contributed by atoms with Crippen molar-refractivity contribution in [2.75, 3.05) is 5.73 Å². The first-order chi connectivity index (χ1) is 11.8. The molecule has 3 rings (SSSR count). The smallest absolute Gasteiger partial charge is 0.384 e. The summed E-state index contributed by atoms with van der Waals surface area (Å²) in [4.78, 5) is 10.7. The minimum atomic E-state index is -4.53. The summed E-state index contributed by atoms with van der Waals surface area (Å²) in [5.41, 5.74) is 5.93. The van der Waals surface area contributed by atoms with Gasteiger partial charge in [-0.3, -0.25) is 0 Å². The van der Waals surface area contributed by atoms with Crippen molar-refractivity contribution in [2.24, 2.45) is 0 Å². The van der Waals surface area contributed by atoms with Crippen molar-refractivity contribution in [1.29, 1.82) is 5.26 Å². The third kappa shape index (κ3) is 3.27. The third-order valence-corrected chi connectivity index (χ3v) is 3.79. The summed E-state index contributed by atoms with van der Waals surface area (Å²) in [5.74, 6) is 0.219. The Labute approximate surface area is 144 Å². The highest BCUT2D eigenvalue weighted by atomic mass is 35.5. The average Bonchev–Trinajstić information content (AvgIpc) is 2.98. The predicted molar refractivity (Wildman–Crippen MR) is 86.4 cm³/mol. The van der Waals surface area contributed by atoms with Crippen LogP contribution >= 0.6 is 11.6 Å².